The lowest BCUT2D eigenvalue weighted by molar-refractivity contribution is 0.290. The zero-order valence-electron chi connectivity index (χ0n) is 17.5. The van der Waals surface area contributed by atoms with Crippen LogP contribution in [0.15, 0.2) is 63.2 Å². The number of aromatic hydroxyl groups is 1. The Kier molecular flexibility index (Phi) is 5.45. The average Bonchev–Trinajstić information content (AvgIpc) is 3.08. The van der Waals surface area contributed by atoms with Crippen molar-refractivity contribution in [1.82, 2.24) is 14.6 Å². The number of halogens is 1. The van der Waals surface area contributed by atoms with E-state index in [1.807, 2.05) is 7.05 Å². The molecule has 0 saturated heterocycles. The highest BCUT2D eigenvalue weighted by Crippen LogP contribution is 2.33. The van der Waals surface area contributed by atoms with E-state index in [0.717, 1.165) is 10.1 Å². The fraction of sp³-hybridized carbons (Fsp3) is 0.261. The monoisotopic (exact) mass is 438 g/mol. The number of H-pyrrole nitrogens is 1. The lowest BCUT2D eigenvalue weighted by Crippen LogP contribution is -2.33. The van der Waals surface area contributed by atoms with Gasteiger partial charge in [0.15, 0.2) is 0 Å². The number of hydrazone groups is 1. The van der Waals surface area contributed by atoms with Crippen LogP contribution in [0, 0.1) is 0 Å². The van der Waals surface area contributed by atoms with Gasteiger partial charge in [0.05, 0.1) is 17.4 Å². The zero-order valence-corrected chi connectivity index (χ0v) is 18.2. The number of nitrogens with zero attached hydrogens (tertiary/aromatic N) is 3. The van der Waals surface area contributed by atoms with Crippen LogP contribution in [0.3, 0.4) is 0 Å². The van der Waals surface area contributed by atoms with Gasteiger partial charge in [0.1, 0.15) is 5.56 Å². The number of hydrogen-bond donors (Lipinski definition) is 2. The summed E-state index contributed by atoms with van der Waals surface area (Å²) in [4.78, 5) is 27.3. The van der Waals surface area contributed by atoms with E-state index in [1.165, 1.54) is 11.6 Å². The molecule has 0 bridgehead atoms. The molecule has 7 nitrogen and oxygen atoms in total. The van der Waals surface area contributed by atoms with Gasteiger partial charge in [-0.2, -0.15) is 5.10 Å². The Labute approximate surface area is 184 Å². The summed E-state index contributed by atoms with van der Waals surface area (Å²) in [5.41, 5.74) is 1.62. The SMILES string of the molecule is CC(C)c1ccc([C@@H]2CC(c3c(O)n(-c4cccc(Cl)c4)c(=O)[nH]c3=O)=NN2C)cc1. The Morgan fingerprint density at radius 3 is 2.52 bits per heavy atom. The van der Waals surface area contributed by atoms with Crippen LogP contribution in [0.4, 0.5) is 0 Å². The predicted molar refractivity (Wildman–Crippen MR) is 122 cm³/mol. The largest absolute Gasteiger partial charge is 0.493 e. The van der Waals surface area contributed by atoms with Crippen molar-refractivity contribution in [2.45, 2.75) is 32.2 Å². The summed E-state index contributed by atoms with van der Waals surface area (Å²) in [6.07, 6.45) is 0.419. The lowest BCUT2D eigenvalue weighted by Gasteiger charge is -2.19. The van der Waals surface area contributed by atoms with Crippen LogP contribution in [-0.4, -0.2) is 32.4 Å². The van der Waals surface area contributed by atoms with Gasteiger partial charge in [0, 0.05) is 18.5 Å². The van der Waals surface area contributed by atoms with Crippen molar-refractivity contribution in [2.75, 3.05) is 7.05 Å². The van der Waals surface area contributed by atoms with Crippen LogP contribution < -0.4 is 11.2 Å². The molecule has 8 heteroatoms. The molecular weight excluding hydrogens is 416 g/mol. The molecule has 2 N–H and O–H groups in total. The van der Waals surface area contributed by atoms with E-state index >= 15 is 0 Å². The first-order chi connectivity index (χ1) is 14.8. The smallest absolute Gasteiger partial charge is 0.335 e. The summed E-state index contributed by atoms with van der Waals surface area (Å²) in [5, 5.41) is 17.6. The number of benzene rings is 2. The minimum Gasteiger partial charge on any atom is -0.493 e. The quantitative estimate of drug-likeness (QED) is 0.648. The Bertz CT molecular complexity index is 1280. The molecular formula is C23H23ClN4O3. The third-order valence-corrected chi connectivity index (χ3v) is 5.78. The second kappa shape index (κ2) is 8.07. The standard InChI is InChI=1S/C23H23ClN4O3/c1-13(2)14-7-9-15(10-8-14)19-12-18(26-27(19)3)20-21(29)25-23(31)28(22(20)30)17-6-4-5-16(24)11-17/h4-11,13,19,30H,12H2,1-3H3,(H,25,29,31)/t19-/m0/s1. The molecule has 160 valence electrons. The minimum absolute atomic E-state index is 0.0206. The lowest BCUT2D eigenvalue weighted by atomic mass is 9.96. The van der Waals surface area contributed by atoms with Gasteiger partial charge in [-0.3, -0.25) is 14.8 Å². The first-order valence-corrected chi connectivity index (χ1v) is 10.4. The summed E-state index contributed by atoms with van der Waals surface area (Å²) < 4.78 is 1.02. The maximum Gasteiger partial charge on any atom is 0.335 e. The minimum atomic E-state index is -0.749. The summed E-state index contributed by atoms with van der Waals surface area (Å²) in [7, 11) is 1.83. The van der Waals surface area contributed by atoms with Gasteiger partial charge in [-0.25, -0.2) is 9.36 Å². The third-order valence-electron chi connectivity index (χ3n) is 5.55. The Morgan fingerprint density at radius 1 is 1.16 bits per heavy atom. The van der Waals surface area contributed by atoms with E-state index in [9.17, 15) is 14.7 Å². The van der Waals surface area contributed by atoms with Gasteiger partial charge in [0.2, 0.25) is 5.88 Å². The molecule has 2 aromatic carbocycles. The molecule has 0 fully saturated rings. The van der Waals surface area contributed by atoms with E-state index in [2.05, 4.69) is 48.2 Å². The molecule has 0 radical (unpaired) electrons. The molecule has 1 aliphatic heterocycles. The highest BCUT2D eigenvalue weighted by molar-refractivity contribution is 6.30. The van der Waals surface area contributed by atoms with E-state index in [4.69, 9.17) is 11.6 Å². The molecule has 1 aromatic heterocycles. The third kappa shape index (κ3) is 3.88. The Hall–Kier alpha value is -3.32. The highest BCUT2D eigenvalue weighted by atomic mass is 35.5. The van der Waals surface area contributed by atoms with Crippen LogP contribution >= 0.6 is 11.6 Å². The first-order valence-electron chi connectivity index (χ1n) is 10.0. The number of hydrogen-bond acceptors (Lipinski definition) is 5. The Balaban J connectivity index is 1.73. The second-order valence-corrected chi connectivity index (χ2v) is 8.37. The van der Waals surface area contributed by atoms with Gasteiger partial charge in [-0.1, -0.05) is 55.8 Å². The maximum absolute atomic E-state index is 12.6. The Morgan fingerprint density at radius 2 is 1.87 bits per heavy atom. The molecule has 31 heavy (non-hydrogen) atoms. The van der Waals surface area contributed by atoms with Crippen LogP contribution in [0.1, 0.15) is 48.9 Å². The van der Waals surface area contributed by atoms with E-state index in [-0.39, 0.29) is 11.6 Å². The number of aromatic amines is 1. The van der Waals surface area contributed by atoms with Gasteiger partial charge < -0.3 is 5.11 Å². The second-order valence-electron chi connectivity index (χ2n) is 7.93. The van der Waals surface area contributed by atoms with Gasteiger partial charge in [-0.05, 0) is 35.2 Å². The van der Waals surface area contributed by atoms with Crippen molar-refractivity contribution in [3.8, 4) is 11.6 Å². The number of rotatable bonds is 4. The topological polar surface area (TPSA) is 90.7 Å². The molecule has 0 spiro atoms. The van der Waals surface area contributed by atoms with Crippen molar-refractivity contribution in [2.24, 2.45) is 5.10 Å². The molecule has 3 aromatic rings. The summed E-state index contributed by atoms with van der Waals surface area (Å²) >= 11 is 6.03. The fourth-order valence-electron chi connectivity index (χ4n) is 3.84. The number of nitrogens with one attached hydrogen (secondary N) is 1. The highest BCUT2D eigenvalue weighted by Gasteiger charge is 2.30. The van der Waals surface area contributed by atoms with Crippen LogP contribution in [0.2, 0.25) is 5.02 Å². The van der Waals surface area contributed by atoms with Gasteiger partial charge in [0.25, 0.3) is 5.56 Å². The normalized spacial score (nSPS) is 16.1. The van der Waals surface area contributed by atoms with E-state index < -0.39 is 17.1 Å². The molecule has 1 aliphatic rings. The van der Waals surface area contributed by atoms with Crippen LogP contribution in [0.25, 0.3) is 5.69 Å². The van der Waals surface area contributed by atoms with Crippen LogP contribution in [-0.2, 0) is 0 Å². The summed E-state index contributed by atoms with van der Waals surface area (Å²) in [6.45, 7) is 4.28. The van der Waals surface area contributed by atoms with Crippen molar-refractivity contribution in [1.29, 1.82) is 0 Å². The molecule has 1 atom stereocenters. The van der Waals surface area contributed by atoms with Gasteiger partial charge >= 0.3 is 5.69 Å². The molecule has 0 amide bonds. The maximum atomic E-state index is 12.6. The van der Waals surface area contributed by atoms with Crippen molar-refractivity contribution < 1.29 is 5.11 Å². The van der Waals surface area contributed by atoms with Gasteiger partial charge in [-0.15, -0.1) is 0 Å². The summed E-state index contributed by atoms with van der Waals surface area (Å²) in [5.74, 6) is -0.0239. The number of aromatic nitrogens is 2. The molecule has 2 heterocycles. The van der Waals surface area contributed by atoms with E-state index in [1.54, 1.807) is 23.2 Å². The first kappa shape index (κ1) is 20.9. The molecule has 0 aliphatic carbocycles. The van der Waals surface area contributed by atoms with E-state index in [0.29, 0.717) is 28.8 Å². The molecule has 0 saturated carbocycles. The predicted octanol–water partition coefficient (Wildman–Crippen LogP) is 3.79. The van der Waals surface area contributed by atoms with Crippen molar-refractivity contribution in [3.63, 3.8) is 0 Å². The molecule has 0 unspecified atom stereocenters. The fourth-order valence-corrected chi connectivity index (χ4v) is 4.03. The molecule has 4 rings (SSSR count). The average molecular weight is 439 g/mol. The van der Waals surface area contributed by atoms with Crippen molar-refractivity contribution >= 4 is 17.3 Å². The van der Waals surface area contributed by atoms with Crippen LogP contribution in [0.5, 0.6) is 5.88 Å². The van der Waals surface area contributed by atoms with Crippen molar-refractivity contribution in [3.05, 3.63) is 91.1 Å². The summed E-state index contributed by atoms with van der Waals surface area (Å²) in [6, 6.07) is 14.7. The zero-order chi connectivity index (χ0) is 22.3.